The molecule has 7 nitrogen and oxygen atoms in total. The van der Waals surface area contributed by atoms with Gasteiger partial charge in [0.05, 0.1) is 12.1 Å². The van der Waals surface area contributed by atoms with Crippen LogP contribution in [0.5, 0.6) is 0 Å². The number of fused-ring (bicyclic) bond motifs is 1. The SMILES string of the molecule is O=C(O)CCC(=O)NC(=O)Nc1nc2c(s1)CCC2. The molecule has 0 saturated carbocycles. The Kier molecular flexibility index (Phi) is 4.10. The van der Waals surface area contributed by atoms with Gasteiger partial charge in [0.15, 0.2) is 5.13 Å². The maximum absolute atomic E-state index is 11.5. The number of aryl methyl sites for hydroxylation is 2. The number of aromatic nitrogens is 1. The van der Waals surface area contributed by atoms with E-state index in [0.29, 0.717) is 5.13 Å². The first-order valence-electron chi connectivity index (χ1n) is 5.86. The van der Waals surface area contributed by atoms with Crippen LogP contribution in [0.2, 0.25) is 0 Å². The number of rotatable bonds is 4. The lowest BCUT2D eigenvalue weighted by Gasteiger charge is -2.03. The van der Waals surface area contributed by atoms with Crippen molar-refractivity contribution in [3.05, 3.63) is 10.6 Å². The van der Waals surface area contributed by atoms with E-state index in [9.17, 15) is 14.4 Å². The minimum absolute atomic E-state index is 0.225. The minimum Gasteiger partial charge on any atom is -0.481 e. The van der Waals surface area contributed by atoms with Gasteiger partial charge in [-0.05, 0) is 19.3 Å². The Balaban J connectivity index is 1.80. The van der Waals surface area contributed by atoms with Gasteiger partial charge in [-0.25, -0.2) is 9.78 Å². The lowest BCUT2D eigenvalue weighted by Crippen LogP contribution is -2.34. The number of thiazole rings is 1. The van der Waals surface area contributed by atoms with Crippen molar-refractivity contribution in [1.82, 2.24) is 10.3 Å². The van der Waals surface area contributed by atoms with Gasteiger partial charge >= 0.3 is 12.0 Å². The van der Waals surface area contributed by atoms with Crippen LogP contribution in [0.25, 0.3) is 0 Å². The molecule has 3 N–H and O–H groups in total. The number of aliphatic carboxylic acids is 1. The van der Waals surface area contributed by atoms with E-state index in [4.69, 9.17) is 5.11 Å². The second-order valence-electron chi connectivity index (χ2n) is 4.14. The van der Waals surface area contributed by atoms with Crippen molar-refractivity contribution < 1.29 is 19.5 Å². The second-order valence-corrected chi connectivity index (χ2v) is 5.22. The third-order valence-electron chi connectivity index (χ3n) is 2.64. The molecule has 2 rings (SSSR count). The number of carbonyl (C=O) groups is 3. The minimum atomic E-state index is -1.08. The lowest BCUT2D eigenvalue weighted by atomic mass is 10.3. The average molecular weight is 283 g/mol. The highest BCUT2D eigenvalue weighted by atomic mass is 32.1. The van der Waals surface area contributed by atoms with Crippen LogP contribution in [0.4, 0.5) is 9.93 Å². The standard InChI is InChI=1S/C11H13N3O4S/c15-8(4-5-9(16)17)13-10(18)14-11-12-6-2-1-3-7(6)19-11/h1-5H2,(H,16,17)(H2,12,13,14,15,18). The molecule has 0 saturated heterocycles. The molecule has 1 heterocycles. The maximum Gasteiger partial charge on any atom is 0.327 e. The van der Waals surface area contributed by atoms with E-state index in [1.807, 2.05) is 0 Å². The number of nitrogens with zero attached hydrogens (tertiary/aromatic N) is 1. The summed E-state index contributed by atoms with van der Waals surface area (Å²) in [6.45, 7) is 0. The number of imide groups is 1. The molecule has 0 radical (unpaired) electrons. The number of carboxylic acids is 1. The molecule has 0 spiro atoms. The average Bonchev–Trinajstić information content (AvgIpc) is 2.86. The van der Waals surface area contributed by atoms with Crippen molar-refractivity contribution in [1.29, 1.82) is 0 Å². The number of nitrogens with one attached hydrogen (secondary N) is 2. The van der Waals surface area contributed by atoms with E-state index in [1.165, 1.54) is 16.2 Å². The quantitative estimate of drug-likeness (QED) is 0.768. The molecular formula is C11H13N3O4S. The van der Waals surface area contributed by atoms with Crippen LogP contribution < -0.4 is 10.6 Å². The van der Waals surface area contributed by atoms with Gasteiger partial charge in [0.1, 0.15) is 0 Å². The molecule has 0 atom stereocenters. The van der Waals surface area contributed by atoms with E-state index in [1.54, 1.807) is 0 Å². The van der Waals surface area contributed by atoms with Gasteiger partial charge < -0.3 is 5.11 Å². The zero-order valence-corrected chi connectivity index (χ0v) is 10.9. The lowest BCUT2D eigenvalue weighted by molar-refractivity contribution is -0.138. The van der Waals surface area contributed by atoms with Gasteiger partial charge in [0, 0.05) is 11.3 Å². The van der Waals surface area contributed by atoms with Gasteiger partial charge in [0.2, 0.25) is 5.91 Å². The van der Waals surface area contributed by atoms with Crippen LogP contribution in [0.1, 0.15) is 29.8 Å². The summed E-state index contributed by atoms with van der Waals surface area (Å²) >= 11 is 1.41. The highest BCUT2D eigenvalue weighted by Crippen LogP contribution is 2.30. The number of anilines is 1. The van der Waals surface area contributed by atoms with Crippen LogP contribution in [-0.2, 0) is 22.4 Å². The van der Waals surface area contributed by atoms with E-state index in [2.05, 4.69) is 15.6 Å². The summed E-state index contributed by atoms with van der Waals surface area (Å²) in [4.78, 5) is 38.4. The second kappa shape index (κ2) is 5.79. The highest BCUT2D eigenvalue weighted by Gasteiger charge is 2.18. The number of urea groups is 1. The summed E-state index contributed by atoms with van der Waals surface area (Å²) in [7, 11) is 0. The monoisotopic (exact) mass is 283 g/mol. The fraction of sp³-hybridized carbons (Fsp3) is 0.455. The third-order valence-corrected chi connectivity index (χ3v) is 3.71. The number of carbonyl (C=O) groups excluding carboxylic acids is 2. The summed E-state index contributed by atoms with van der Waals surface area (Å²) in [5.41, 5.74) is 1.01. The van der Waals surface area contributed by atoms with E-state index in [0.717, 1.165) is 25.0 Å². The fourth-order valence-corrected chi connectivity index (χ4v) is 2.83. The Bertz CT molecular complexity index is 505. The smallest absolute Gasteiger partial charge is 0.327 e. The summed E-state index contributed by atoms with van der Waals surface area (Å²) in [6.07, 6.45) is 2.47. The third kappa shape index (κ3) is 3.75. The van der Waals surface area contributed by atoms with Crippen molar-refractivity contribution in [3.8, 4) is 0 Å². The zero-order chi connectivity index (χ0) is 13.8. The van der Waals surface area contributed by atoms with Gasteiger partial charge in [-0.2, -0.15) is 0 Å². The predicted octanol–water partition coefficient (Wildman–Crippen LogP) is 1.14. The summed E-state index contributed by atoms with van der Waals surface area (Å²) in [5, 5.41) is 13.4. The number of hydrogen-bond acceptors (Lipinski definition) is 5. The molecule has 1 aromatic rings. The zero-order valence-electron chi connectivity index (χ0n) is 10.1. The van der Waals surface area contributed by atoms with Crippen LogP contribution in [0.15, 0.2) is 0 Å². The first-order chi connectivity index (χ1) is 9.04. The molecule has 19 heavy (non-hydrogen) atoms. The molecule has 1 aromatic heterocycles. The number of carboxylic acid groups (broad SMARTS) is 1. The Labute approximate surface area is 113 Å². The number of hydrogen-bond donors (Lipinski definition) is 3. The van der Waals surface area contributed by atoms with Gasteiger partial charge in [-0.15, -0.1) is 11.3 Å². The molecule has 1 aliphatic carbocycles. The maximum atomic E-state index is 11.5. The topological polar surface area (TPSA) is 108 Å². The summed E-state index contributed by atoms with van der Waals surface area (Å²) in [5.74, 6) is -1.70. The molecule has 0 aromatic carbocycles. The van der Waals surface area contributed by atoms with Crippen LogP contribution in [0, 0.1) is 0 Å². The number of amides is 3. The van der Waals surface area contributed by atoms with Crippen molar-refractivity contribution in [2.24, 2.45) is 0 Å². The van der Waals surface area contributed by atoms with Gasteiger partial charge in [-0.1, -0.05) is 0 Å². The molecule has 0 aliphatic heterocycles. The van der Waals surface area contributed by atoms with Crippen molar-refractivity contribution in [2.45, 2.75) is 32.1 Å². The van der Waals surface area contributed by atoms with E-state index >= 15 is 0 Å². The molecule has 8 heteroatoms. The first-order valence-corrected chi connectivity index (χ1v) is 6.67. The van der Waals surface area contributed by atoms with Crippen molar-refractivity contribution in [2.75, 3.05) is 5.32 Å². The van der Waals surface area contributed by atoms with Gasteiger partial charge in [-0.3, -0.25) is 20.2 Å². The largest absolute Gasteiger partial charge is 0.481 e. The normalized spacial score (nSPS) is 12.8. The van der Waals surface area contributed by atoms with E-state index < -0.39 is 17.9 Å². The Morgan fingerprint density at radius 1 is 1.26 bits per heavy atom. The molecule has 0 unspecified atom stereocenters. The summed E-state index contributed by atoms with van der Waals surface area (Å²) in [6, 6.07) is -0.678. The molecule has 0 bridgehead atoms. The van der Waals surface area contributed by atoms with Crippen molar-refractivity contribution >= 4 is 34.4 Å². The highest BCUT2D eigenvalue weighted by molar-refractivity contribution is 7.15. The molecule has 3 amide bonds. The Hall–Kier alpha value is -1.96. The van der Waals surface area contributed by atoms with Crippen LogP contribution >= 0.6 is 11.3 Å². The van der Waals surface area contributed by atoms with Crippen LogP contribution in [-0.4, -0.2) is 28.0 Å². The molecular weight excluding hydrogens is 270 g/mol. The van der Waals surface area contributed by atoms with Crippen molar-refractivity contribution in [3.63, 3.8) is 0 Å². The van der Waals surface area contributed by atoms with E-state index in [-0.39, 0.29) is 12.8 Å². The summed E-state index contributed by atoms with van der Waals surface area (Å²) < 4.78 is 0. The Morgan fingerprint density at radius 3 is 2.74 bits per heavy atom. The predicted molar refractivity (Wildman–Crippen MR) is 68.2 cm³/mol. The molecule has 1 aliphatic rings. The first kappa shape index (κ1) is 13.5. The Morgan fingerprint density at radius 2 is 2.05 bits per heavy atom. The molecule has 0 fully saturated rings. The fourth-order valence-electron chi connectivity index (χ4n) is 1.78. The molecule has 102 valence electrons. The van der Waals surface area contributed by atoms with Gasteiger partial charge in [0.25, 0.3) is 0 Å². The van der Waals surface area contributed by atoms with Crippen LogP contribution in [0.3, 0.4) is 0 Å².